The van der Waals surface area contributed by atoms with E-state index >= 15 is 0 Å². The number of amides is 1. The van der Waals surface area contributed by atoms with E-state index in [-0.39, 0.29) is 18.1 Å². The smallest absolute Gasteiger partial charge is 0.224 e. The lowest BCUT2D eigenvalue weighted by Gasteiger charge is -2.11. The third kappa shape index (κ3) is 4.75. The van der Waals surface area contributed by atoms with Crippen molar-refractivity contribution in [2.45, 2.75) is 6.42 Å². The summed E-state index contributed by atoms with van der Waals surface area (Å²) in [4.78, 5) is 25.4. The molecule has 0 aliphatic rings. The van der Waals surface area contributed by atoms with Crippen molar-refractivity contribution in [3.05, 3.63) is 84.4 Å². The van der Waals surface area contributed by atoms with E-state index in [4.69, 9.17) is 0 Å². The van der Waals surface area contributed by atoms with Gasteiger partial charge in [-0.25, -0.2) is 14.4 Å². The number of hydrogen-bond donors (Lipinski definition) is 2. The number of nitrogens with zero attached hydrogens (tertiary/aromatic N) is 3. The number of fused-ring (bicyclic) bond motifs is 1. The Balaban J connectivity index is 1.41. The number of hydrogen-bond acceptors (Lipinski definition) is 5. The molecule has 6 nitrogen and oxygen atoms in total. The Morgan fingerprint density at radius 2 is 1.67 bits per heavy atom. The quantitative estimate of drug-likeness (QED) is 0.463. The van der Waals surface area contributed by atoms with Crippen LogP contribution in [0.2, 0.25) is 0 Å². The third-order valence-electron chi connectivity index (χ3n) is 4.56. The Hall–Kier alpha value is -3.87. The Morgan fingerprint density at radius 1 is 0.900 bits per heavy atom. The SMILES string of the molecule is O=C(Cc1ccc(F)cc1)NCCNc1nc(-c2ccncc2)nc2ccccc12. The average Bonchev–Trinajstić information content (AvgIpc) is 2.78. The van der Waals surface area contributed by atoms with E-state index in [9.17, 15) is 9.18 Å². The number of nitrogens with one attached hydrogen (secondary N) is 2. The highest BCUT2D eigenvalue weighted by molar-refractivity contribution is 5.90. The van der Waals surface area contributed by atoms with E-state index < -0.39 is 0 Å². The number of pyridine rings is 1. The summed E-state index contributed by atoms with van der Waals surface area (Å²) in [5.74, 6) is 0.888. The minimum atomic E-state index is -0.313. The molecule has 2 aromatic carbocycles. The van der Waals surface area contributed by atoms with Crippen LogP contribution in [0.4, 0.5) is 10.2 Å². The second-order valence-corrected chi connectivity index (χ2v) is 6.73. The van der Waals surface area contributed by atoms with Crippen LogP contribution in [0.5, 0.6) is 0 Å². The summed E-state index contributed by atoms with van der Waals surface area (Å²) in [7, 11) is 0. The fourth-order valence-electron chi connectivity index (χ4n) is 3.07. The number of anilines is 1. The molecule has 0 radical (unpaired) electrons. The van der Waals surface area contributed by atoms with Gasteiger partial charge in [0.2, 0.25) is 5.91 Å². The summed E-state index contributed by atoms with van der Waals surface area (Å²) in [6.07, 6.45) is 3.62. The van der Waals surface area contributed by atoms with Crippen molar-refractivity contribution in [1.82, 2.24) is 20.3 Å². The lowest BCUT2D eigenvalue weighted by atomic mass is 10.1. The van der Waals surface area contributed by atoms with Crippen LogP contribution in [0.15, 0.2) is 73.1 Å². The second kappa shape index (κ2) is 9.09. The molecular formula is C23H20FN5O. The third-order valence-corrected chi connectivity index (χ3v) is 4.56. The van der Waals surface area contributed by atoms with Crippen molar-refractivity contribution in [3.63, 3.8) is 0 Å². The van der Waals surface area contributed by atoms with Crippen LogP contribution in [0.3, 0.4) is 0 Å². The Bertz CT molecular complexity index is 1150. The van der Waals surface area contributed by atoms with Gasteiger partial charge < -0.3 is 10.6 Å². The van der Waals surface area contributed by atoms with Gasteiger partial charge in [-0.3, -0.25) is 9.78 Å². The molecule has 2 heterocycles. The lowest BCUT2D eigenvalue weighted by Crippen LogP contribution is -2.30. The molecule has 4 rings (SSSR count). The predicted octanol–water partition coefficient (Wildman–Crippen LogP) is 3.60. The average molecular weight is 401 g/mol. The van der Waals surface area contributed by atoms with Crippen molar-refractivity contribution in [1.29, 1.82) is 0 Å². The van der Waals surface area contributed by atoms with Gasteiger partial charge in [-0.05, 0) is 42.0 Å². The summed E-state index contributed by atoms with van der Waals surface area (Å²) >= 11 is 0. The van der Waals surface area contributed by atoms with Gasteiger partial charge in [-0.2, -0.15) is 0 Å². The molecule has 0 saturated heterocycles. The molecule has 0 aliphatic carbocycles. The summed E-state index contributed by atoms with van der Waals surface area (Å²) in [6.45, 7) is 0.939. The number of carbonyl (C=O) groups is 1. The minimum absolute atomic E-state index is 0.117. The molecule has 0 unspecified atom stereocenters. The van der Waals surface area contributed by atoms with Crippen molar-refractivity contribution >= 4 is 22.6 Å². The Morgan fingerprint density at radius 3 is 2.47 bits per heavy atom. The zero-order valence-electron chi connectivity index (χ0n) is 16.2. The predicted molar refractivity (Wildman–Crippen MR) is 114 cm³/mol. The molecular weight excluding hydrogens is 381 g/mol. The molecule has 0 atom stereocenters. The molecule has 0 aliphatic heterocycles. The highest BCUT2D eigenvalue weighted by atomic mass is 19.1. The molecule has 0 spiro atoms. The topological polar surface area (TPSA) is 79.8 Å². The molecule has 30 heavy (non-hydrogen) atoms. The lowest BCUT2D eigenvalue weighted by molar-refractivity contribution is -0.120. The fraction of sp³-hybridized carbons (Fsp3) is 0.130. The summed E-state index contributed by atoms with van der Waals surface area (Å²) in [5.41, 5.74) is 2.49. The number of halogens is 1. The first-order valence-corrected chi connectivity index (χ1v) is 9.61. The zero-order valence-corrected chi connectivity index (χ0v) is 16.2. The summed E-state index contributed by atoms with van der Waals surface area (Å²) in [6, 6.07) is 17.4. The van der Waals surface area contributed by atoms with Crippen LogP contribution >= 0.6 is 0 Å². The van der Waals surface area contributed by atoms with Crippen LogP contribution < -0.4 is 10.6 Å². The van der Waals surface area contributed by atoms with E-state index in [1.54, 1.807) is 24.5 Å². The van der Waals surface area contributed by atoms with Crippen molar-refractivity contribution in [2.75, 3.05) is 18.4 Å². The van der Waals surface area contributed by atoms with Crippen LogP contribution in [-0.4, -0.2) is 33.9 Å². The Kier molecular flexibility index (Phi) is 5.89. The largest absolute Gasteiger partial charge is 0.368 e. The minimum Gasteiger partial charge on any atom is -0.368 e. The number of benzene rings is 2. The summed E-state index contributed by atoms with van der Waals surface area (Å²) in [5, 5.41) is 7.07. The molecule has 1 amide bonds. The molecule has 4 aromatic rings. The number of para-hydroxylation sites is 1. The van der Waals surface area contributed by atoms with Crippen LogP contribution in [0, 0.1) is 5.82 Å². The van der Waals surface area contributed by atoms with Crippen molar-refractivity contribution in [3.8, 4) is 11.4 Å². The van der Waals surface area contributed by atoms with E-state index in [2.05, 4.69) is 25.6 Å². The van der Waals surface area contributed by atoms with E-state index in [1.807, 2.05) is 36.4 Å². The standard InChI is InChI=1S/C23H20FN5O/c24-18-7-5-16(6-8-18)15-21(30)26-13-14-27-23-19-3-1-2-4-20(19)28-22(29-23)17-9-11-25-12-10-17/h1-12H,13-15H2,(H,26,30)(H,27,28,29). The van der Waals surface area contributed by atoms with Crippen molar-refractivity contribution < 1.29 is 9.18 Å². The number of aromatic nitrogens is 3. The maximum atomic E-state index is 13.0. The molecule has 0 saturated carbocycles. The number of carbonyl (C=O) groups excluding carboxylic acids is 1. The zero-order chi connectivity index (χ0) is 20.8. The summed E-state index contributed by atoms with van der Waals surface area (Å²) < 4.78 is 13.0. The normalized spacial score (nSPS) is 10.7. The van der Waals surface area contributed by atoms with Gasteiger partial charge >= 0.3 is 0 Å². The van der Waals surface area contributed by atoms with E-state index in [1.165, 1.54) is 12.1 Å². The van der Waals surface area contributed by atoms with Gasteiger partial charge in [-0.1, -0.05) is 24.3 Å². The van der Waals surface area contributed by atoms with Gasteiger partial charge in [0.15, 0.2) is 5.82 Å². The van der Waals surface area contributed by atoms with Gasteiger partial charge in [0, 0.05) is 36.4 Å². The first-order valence-electron chi connectivity index (χ1n) is 9.61. The first-order chi connectivity index (χ1) is 14.7. The van der Waals surface area contributed by atoms with Crippen molar-refractivity contribution in [2.24, 2.45) is 0 Å². The highest BCUT2D eigenvalue weighted by Gasteiger charge is 2.09. The fourth-order valence-corrected chi connectivity index (χ4v) is 3.07. The first kappa shape index (κ1) is 19.4. The van der Waals surface area contributed by atoms with E-state index in [0.29, 0.717) is 24.7 Å². The van der Waals surface area contributed by atoms with Crippen LogP contribution in [-0.2, 0) is 11.2 Å². The second-order valence-electron chi connectivity index (χ2n) is 6.73. The van der Waals surface area contributed by atoms with Gasteiger partial charge in [-0.15, -0.1) is 0 Å². The molecule has 2 N–H and O–H groups in total. The van der Waals surface area contributed by atoms with Crippen LogP contribution in [0.1, 0.15) is 5.56 Å². The van der Waals surface area contributed by atoms with Crippen LogP contribution in [0.25, 0.3) is 22.3 Å². The van der Waals surface area contributed by atoms with Gasteiger partial charge in [0.05, 0.1) is 11.9 Å². The van der Waals surface area contributed by atoms with Gasteiger partial charge in [0.1, 0.15) is 11.6 Å². The monoisotopic (exact) mass is 401 g/mol. The van der Waals surface area contributed by atoms with Gasteiger partial charge in [0.25, 0.3) is 0 Å². The maximum Gasteiger partial charge on any atom is 0.224 e. The highest BCUT2D eigenvalue weighted by Crippen LogP contribution is 2.24. The maximum absolute atomic E-state index is 13.0. The number of rotatable bonds is 7. The molecule has 0 fully saturated rings. The Labute approximate surface area is 173 Å². The molecule has 0 bridgehead atoms. The molecule has 7 heteroatoms. The molecule has 150 valence electrons. The molecule has 2 aromatic heterocycles. The van der Waals surface area contributed by atoms with E-state index in [0.717, 1.165) is 22.0 Å².